The Labute approximate surface area is 556 Å². The molecule has 96 heavy (non-hydrogen) atoms. The Morgan fingerprint density at radius 2 is 1.05 bits per heavy atom. The van der Waals surface area contributed by atoms with Gasteiger partial charge in [-0.2, -0.15) is 0 Å². The molecular weight excluding hydrogens is 1280 g/mol. The van der Waals surface area contributed by atoms with Gasteiger partial charge in [0.05, 0.1) is 56.8 Å². The van der Waals surface area contributed by atoms with Crippen LogP contribution in [0.4, 0.5) is 0 Å². The van der Waals surface area contributed by atoms with Gasteiger partial charge in [0.15, 0.2) is 31.5 Å². The Kier molecular flexibility index (Phi) is 22.1. The Hall–Kier alpha value is -1.95. The van der Waals surface area contributed by atoms with Gasteiger partial charge in [-0.15, -0.1) is 0 Å². The van der Waals surface area contributed by atoms with Crippen LogP contribution in [0.15, 0.2) is 11.6 Å². The van der Waals surface area contributed by atoms with Gasteiger partial charge in [-0.25, -0.2) is 0 Å². The summed E-state index contributed by atoms with van der Waals surface area (Å²) in [5.41, 5.74) is -2.31. The van der Waals surface area contributed by atoms with Crippen molar-refractivity contribution in [3.63, 3.8) is 0 Å². The van der Waals surface area contributed by atoms with E-state index in [0.29, 0.717) is 57.8 Å². The first-order valence-electron chi connectivity index (χ1n) is 34.1. The van der Waals surface area contributed by atoms with Crippen molar-refractivity contribution < 1.29 is 154 Å². The van der Waals surface area contributed by atoms with Gasteiger partial charge < -0.3 is 149 Å². The lowest BCUT2D eigenvalue weighted by atomic mass is 9.33. The summed E-state index contributed by atoms with van der Waals surface area (Å²) < 4.78 is 71.4. The molecule has 31 heteroatoms. The van der Waals surface area contributed by atoms with Crippen molar-refractivity contribution in [3.05, 3.63) is 11.6 Å². The third-order valence-electron chi connectivity index (χ3n) is 25.3. The lowest BCUT2D eigenvalue weighted by Gasteiger charge is -2.71. The first kappa shape index (κ1) is 75.2. The number of carbonyl (C=O) groups excluding carboxylic acids is 1. The van der Waals surface area contributed by atoms with Crippen molar-refractivity contribution in [3.8, 4) is 0 Å². The van der Waals surface area contributed by atoms with Gasteiger partial charge in [0.1, 0.15) is 128 Å². The van der Waals surface area contributed by atoms with Crippen LogP contribution in [-0.2, 0) is 61.6 Å². The molecule has 0 aromatic heterocycles. The fourth-order valence-electron chi connectivity index (χ4n) is 19.0. The van der Waals surface area contributed by atoms with Crippen LogP contribution in [0.2, 0.25) is 0 Å². The molecule has 0 spiro atoms. The Bertz CT molecular complexity index is 2690. The monoisotopic (exact) mass is 1380 g/mol. The second-order valence-electron chi connectivity index (χ2n) is 31.3. The van der Waals surface area contributed by atoms with Gasteiger partial charge in [0.2, 0.25) is 6.29 Å². The highest BCUT2D eigenvalue weighted by atomic mass is 16.8. The summed E-state index contributed by atoms with van der Waals surface area (Å²) in [5.74, 6) is -1.06. The number of ether oxygens (including phenoxy) is 12. The molecular formula is C65H106O31. The highest BCUT2D eigenvalue weighted by molar-refractivity contribution is 5.79. The predicted octanol–water partition coefficient (Wildman–Crippen LogP) is -4.72. The van der Waals surface area contributed by atoms with Crippen LogP contribution in [0.25, 0.3) is 0 Å². The number of hydrogen-bond acceptors (Lipinski definition) is 31. The average Bonchev–Trinajstić information content (AvgIpc) is 0.675. The Morgan fingerprint density at radius 3 is 1.71 bits per heavy atom. The molecule has 0 amide bonds. The predicted molar refractivity (Wildman–Crippen MR) is 321 cm³/mol. The van der Waals surface area contributed by atoms with Crippen molar-refractivity contribution in [2.45, 2.75) is 304 Å². The number of esters is 1. The zero-order chi connectivity index (χ0) is 70.0. The molecule has 31 nitrogen and oxygen atoms in total. The van der Waals surface area contributed by atoms with Crippen molar-refractivity contribution in [2.24, 2.45) is 50.2 Å². The molecule has 0 aromatic carbocycles. The normalized spacial score (nSPS) is 55.1. The molecule has 5 aliphatic carbocycles. The van der Waals surface area contributed by atoms with Gasteiger partial charge in [-0.3, -0.25) is 4.79 Å². The SMILES string of the molecule is CC1OC(OC2C(CO)OC(OCC3OC(OC(=O)C45CCC(C)(C)CC4C4=CCC6C7(C)CCC(OC8OCC(O)C(O)C8OC8OC(C)C(O)C(OC9OC(CO)C(O)C(O)C9O)C8O)C(C)(CO)C7CCC6(C)C4(C)CC5)C(O)C(O)C3O)C(O)C2O)C(O)C(O)C1O. The van der Waals surface area contributed by atoms with E-state index in [-0.39, 0.29) is 41.8 Å². The van der Waals surface area contributed by atoms with Crippen LogP contribution in [0.5, 0.6) is 0 Å². The molecule has 10 fully saturated rings. The zero-order valence-corrected chi connectivity index (χ0v) is 55.6. The summed E-state index contributed by atoms with van der Waals surface area (Å²) >= 11 is 0. The topological polar surface area (TPSA) is 492 Å². The fourth-order valence-corrected chi connectivity index (χ4v) is 19.0. The van der Waals surface area contributed by atoms with Crippen molar-refractivity contribution in [1.29, 1.82) is 0 Å². The van der Waals surface area contributed by atoms with Crippen LogP contribution >= 0.6 is 0 Å². The largest absolute Gasteiger partial charge is 0.432 e. The standard InChI is InChI=1S/C65H106O31/c1-25-36(70)41(75)45(79)54(87-25)93-50-31(21-67)90-53(48(82)44(50)78)86-23-32-40(74)43(77)47(81)56(91-32)96-59(84)65-17-15-60(3,4)19-28(65)27-9-10-34-61(5)13-12-35(62(6,24-68)33(61)11-14-64(34,8)63(27,7)16-18-65)92-58-52(38(72)29(69)22-85-58)95-57-49(83)51(37(71)26(2)88-57)94-55-46(80)42(76)39(73)30(20-66)89-55/h9,25-26,28-58,66-83H,10-24H2,1-8H3. The van der Waals surface area contributed by atoms with E-state index in [4.69, 9.17) is 56.8 Å². The molecule has 6 saturated heterocycles. The third-order valence-corrected chi connectivity index (χ3v) is 25.3. The fraction of sp³-hybridized carbons (Fsp3) is 0.954. The number of fused-ring (bicyclic) bond motifs is 7. The quantitative estimate of drug-likeness (QED) is 0.0392. The van der Waals surface area contributed by atoms with Gasteiger partial charge in [0.25, 0.3) is 0 Å². The molecule has 4 saturated carbocycles. The maximum Gasteiger partial charge on any atom is 0.315 e. The first-order chi connectivity index (χ1) is 45.1. The number of allylic oxidation sites excluding steroid dienone is 2. The molecule has 6 aliphatic heterocycles. The van der Waals surface area contributed by atoms with E-state index in [9.17, 15) is 91.9 Å². The lowest BCUT2D eigenvalue weighted by molar-refractivity contribution is -0.383. The number of aliphatic hydroxyl groups is 18. The maximum atomic E-state index is 15.3. The van der Waals surface area contributed by atoms with Crippen LogP contribution in [0.1, 0.15) is 120 Å². The Balaban J connectivity index is 0.770. The minimum atomic E-state index is -1.92. The van der Waals surface area contributed by atoms with Gasteiger partial charge >= 0.3 is 5.97 Å². The van der Waals surface area contributed by atoms with E-state index in [0.717, 1.165) is 12.0 Å². The summed E-state index contributed by atoms with van der Waals surface area (Å²) in [5, 5.41) is 196. The Morgan fingerprint density at radius 1 is 0.500 bits per heavy atom. The van der Waals surface area contributed by atoms with Gasteiger partial charge in [0, 0.05) is 5.41 Å². The zero-order valence-electron chi connectivity index (χ0n) is 55.6. The number of aliphatic hydroxyl groups excluding tert-OH is 18. The molecule has 552 valence electrons. The molecule has 38 atom stereocenters. The van der Waals surface area contributed by atoms with Crippen molar-refractivity contribution in [2.75, 3.05) is 33.0 Å². The van der Waals surface area contributed by atoms with Crippen molar-refractivity contribution in [1.82, 2.24) is 0 Å². The molecule has 0 bridgehead atoms. The molecule has 38 unspecified atom stereocenters. The minimum absolute atomic E-state index is 0.0604. The van der Waals surface area contributed by atoms with Gasteiger partial charge in [-0.05, 0) is 117 Å². The van der Waals surface area contributed by atoms with E-state index in [2.05, 4.69) is 40.7 Å². The number of hydrogen-bond donors (Lipinski definition) is 18. The van der Waals surface area contributed by atoms with Crippen LogP contribution in [-0.4, -0.2) is 315 Å². The number of carbonyl (C=O) groups is 1. The van der Waals surface area contributed by atoms with Crippen LogP contribution in [0, 0.1) is 50.2 Å². The second kappa shape index (κ2) is 28.3. The number of rotatable bonds is 16. The molecule has 11 aliphatic rings. The van der Waals surface area contributed by atoms with Crippen LogP contribution in [0.3, 0.4) is 0 Å². The molecule has 6 heterocycles. The second-order valence-corrected chi connectivity index (χ2v) is 31.3. The first-order valence-corrected chi connectivity index (χ1v) is 34.1. The minimum Gasteiger partial charge on any atom is -0.432 e. The smallest absolute Gasteiger partial charge is 0.315 e. The maximum absolute atomic E-state index is 15.3. The van der Waals surface area contributed by atoms with Gasteiger partial charge in [-0.1, -0.05) is 53.2 Å². The average molecular weight is 1380 g/mol. The highest BCUT2D eigenvalue weighted by Gasteiger charge is 2.71. The lowest BCUT2D eigenvalue weighted by Crippen LogP contribution is -2.67. The highest BCUT2D eigenvalue weighted by Crippen LogP contribution is 2.76. The summed E-state index contributed by atoms with van der Waals surface area (Å²) in [6, 6.07) is 0. The summed E-state index contributed by atoms with van der Waals surface area (Å²) in [4.78, 5) is 15.3. The summed E-state index contributed by atoms with van der Waals surface area (Å²) in [7, 11) is 0. The molecule has 11 rings (SSSR count). The summed E-state index contributed by atoms with van der Waals surface area (Å²) in [6.45, 7) is 13.2. The molecule has 0 aromatic rings. The third kappa shape index (κ3) is 12.8. The van der Waals surface area contributed by atoms with E-state index in [1.54, 1.807) is 0 Å². The molecule has 0 radical (unpaired) electrons. The van der Waals surface area contributed by atoms with E-state index >= 15 is 4.79 Å². The van der Waals surface area contributed by atoms with Crippen LogP contribution < -0.4 is 0 Å². The van der Waals surface area contributed by atoms with E-state index in [1.807, 2.05) is 6.92 Å². The van der Waals surface area contributed by atoms with Crippen molar-refractivity contribution >= 4 is 5.97 Å². The molecule has 18 N–H and O–H groups in total. The summed E-state index contributed by atoms with van der Waals surface area (Å²) in [6.07, 6.45) is -40.3. The van der Waals surface area contributed by atoms with E-state index in [1.165, 1.54) is 13.8 Å². The van der Waals surface area contributed by atoms with E-state index < -0.39 is 232 Å².